The van der Waals surface area contributed by atoms with E-state index >= 15 is 0 Å². The largest absolute Gasteiger partial charge is 0.493 e. The van der Waals surface area contributed by atoms with Gasteiger partial charge in [-0.25, -0.2) is 0 Å². The molecule has 56 heavy (non-hydrogen) atoms. The van der Waals surface area contributed by atoms with Crippen molar-refractivity contribution >= 4 is 47.0 Å². The van der Waals surface area contributed by atoms with Gasteiger partial charge in [0.2, 0.25) is 0 Å². The number of aliphatic imine (C=N–C) groups is 2. The molecule has 0 saturated carbocycles. The maximum atomic E-state index is 13.9. The van der Waals surface area contributed by atoms with Crippen LogP contribution in [0.2, 0.25) is 0 Å². The number of fused-ring (bicyclic) bond motifs is 8. The molecule has 0 aromatic heterocycles. The molecule has 282 valence electrons. The molecule has 4 aliphatic heterocycles. The Kier molecular flexibility index (Phi) is 8.92. The van der Waals surface area contributed by atoms with Gasteiger partial charge < -0.3 is 23.7 Å². The van der Waals surface area contributed by atoms with Gasteiger partial charge in [-0.05, 0) is 78.6 Å². The normalized spacial score (nSPS) is 17.3. The van der Waals surface area contributed by atoms with Crippen LogP contribution in [-0.2, 0) is 26.1 Å². The first kappa shape index (κ1) is 35.1. The molecule has 2 amide bonds. The van der Waals surface area contributed by atoms with E-state index in [0.717, 1.165) is 33.6 Å². The van der Waals surface area contributed by atoms with E-state index in [4.69, 9.17) is 33.7 Å². The van der Waals surface area contributed by atoms with Crippen LogP contribution >= 0.6 is 0 Å². The molecule has 0 radical (unpaired) electrons. The van der Waals surface area contributed by atoms with E-state index in [1.54, 1.807) is 38.5 Å². The van der Waals surface area contributed by atoms with Crippen molar-refractivity contribution in [2.45, 2.75) is 58.1 Å². The van der Waals surface area contributed by atoms with Gasteiger partial charge in [-0.2, -0.15) is 0 Å². The second-order valence-electron chi connectivity index (χ2n) is 14.5. The third-order valence-electron chi connectivity index (χ3n) is 10.4. The van der Waals surface area contributed by atoms with E-state index in [9.17, 15) is 9.59 Å². The molecule has 5 aromatic carbocycles. The predicted octanol–water partition coefficient (Wildman–Crippen LogP) is 8.22. The second kappa shape index (κ2) is 14.2. The number of carbonyl (C=O) groups is 2. The zero-order valence-electron chi connectivity index (χ0n) is 31.5. The van der Waals surface area contributed by atoms with E-state index in [0.29, 0.717) is 64.1 Å². The van der Waals surface area contributed by atoms with Crippen LogP contribution in [-0.4, -0.2) is 56.7 Å². The van der Waals surface area contributed by atoms with Crippen molar-refractivity contribution in [3.8, 4) is 28.7 Å². The van der Waals surface area contributed by atoms with Crippen LogP contribution in [0.25, 0.3) is 0 Å². The first-order valence-corrected chi connectivity index (χ1v) is 18.7. The van der Waals surface area contributed by atoms with Gasteiger partial charge in [0.1, 0.15) is 19.0 Å². The topological polar surface area (TPSA) is 111 Å². The monoisotopic (exact) mass is 748 g/mol. The fraction of sp³-hybridized carbons (Fsp3) is 0.244. The average Bonchev–Trinajstić information content (AvgIpc) is 3.69. The molecule has 9 rings (SSSR count). The van der Waals surface area contributed by atoms with E-state index in [1.165, 1.54) is 0 Å². The minimum absolute atomic E-state index is 0.0653. The minimum atomic E-state index is -0.163. The Bertz CT molecular complexity index is 2300. The summed E-state index contributed by atoms with van der Waals surface area (Å²) in [6.45, 7) is 4.29. The summed E-state index contributed by atoms with van der Waals surface area (Å²) in [5, 5.41) is 0. The predicted molar refractivity (Wildman–Crippen MR) is 215 cm³/mol. The number of ether oxygens (including phenoxy) is 5. The van der Waals surface area contributed by atoms with Crippen molar-refractivity contribution in [3.63, 3.8) is 0 Å². The molecule has 11 heteroatoms. The minimum Gasteiger partial charge on any atom is -0.493 e. The maximum absolute atomic E-state index is 13.9. The molecule has 4 aliphatic rings. The van der Waals surface area contributed by atoms with Gasteiger partial charge in [-0.3, -0.25) is 29.4 Å². The fourth-order valence-corrected chi connectivity index (χ4v) is 7.94. The number of rotatable bonds is 10. The summed E-state index contributed by atoms with van der Waals surface area (Å²) in [5.74, 6) is 2.18. The third kappa shape index (κ3) is 6.28. The fourth-order valence-electron chi connectivity index (χ4n) is 7.94. The quantitative estimate of drug-likeness (QED) is 0.142. The molecule has 0 bridgehead atoms. The standard InChI is InChI=1S/C45H40N4O7/c1-26(2)56-33-14-27(24-54-42-20-36-34(18-40(42)52-3)44(50)48-31(22-46-36)16-29-9-5-7-11-38(29)48)13-28(15-33)25-55-43-21-37-35(19-41(43)53-4)45(51)49-32(23-47-37)17-30-10-6-8-12-39(30)49/h5-15,18-23,26,31-32H,16-17,24-25H2,1-4H3/t31-,32-/m0/s1. The van der Waals surface area contributed by atoms with E-state index in [-0.39, 0.29) is 43.2 Å². The Morgan fingerprint density at radius 2 is 1.09 bits per heavy atom. The van der Waals surface area contributed by atoms with Crippen molar-refractivity contribution in [1.29, 1.82) is 0 Å². The van der Waals surface area contributed by atoms with Gasteiger partial charge >= 0.3 is 0 Å². The highest BCUT2D eigenvalue weighted by molar-refractivity contribution is 6.15. The van der Waals surface area contributed by atoms with Crippen LogP contribution in [0.1, 0.15) is 56.8 Å². The molecule has 11 nitrogen and oxygen atoms in total. The van der Waals surface area contributed by atoms with Crippen LogP contribution in [0.3, 0.4) is 0 Å². The van der Waals surface area contributed by atoms with Crippen LogP contribution in [0.5, 0.6) is 28.7 Å². The first-order valence-electron chi connectivity index (χ1n) is 18.7. The molecule has 0 N–H and O–H groups in total. The Labute approximate surface area is 324 Å². The third-order valence-corrected chi connectivity index (χ3v) is 10.4. The molecule has 0 spiro atoms. The summed E-state index contributed by atoms with van der Waals surface area (Å²) in [5.41, 5.74) is 7.66. The SMILES string of the molecule is COc1cc2c(cc1OCc1cc(COc3cc4c(cc3OC)C(=O)N3c5ccccc5C[C@H]3C=N4)cc(OC(C)C)c1)N=C[C@@H]1Cc3ccccc3N1C2=O. The summed E-state index contributed by atoms with van der Waals surface area (Å²) in [6, 6.07) is 28.4. The molecule has 2 atom stereocenters. The van der Waals surface area contributed by atoms with E-state index in [1.807, 2.05) is 103 Å². The highest BCUT2D eigenvalue weighted by atomic mass is 16.5. The highest BCUT2D eigenvalue weighted by Gasteiger charge is 2.38. The number of nitrogens with zero attached hydrogens (tertiary/aromatic N) is 4. The number of hydrogen-bond donors (Lipinski definition) is 0. The molecule has 0 saturated heterocycles. The van der Waals surface area contributed by atoms with E-state index < -0.39 is 0 Å². The number of amides is 2. The number of carbonyl (C=O) groups excluding carboxylic acids is 2. The van der Waals surface area contributed by atoms with Gasteiger partial charge in [-0.15, -0.1) is 0 Å². The van der Waals surface area contributed by atoms with Gasteiger partial charge in [-0.1, -0.05) is 36.4 Å². The van der Waals surface area contributed by atoms with Gasteiger partial charge in [0, 0.05) is 48.8 Å². The van der Waals surface area contributed by atoms with Gasteiger partial charge in [0.25, 0.3) is 11.8 Å². The summed E-state index contributed by atoms with van der Waals surface area (Å²) in [4.78, 5) is 40.9. The number of anilines is 2. The summed E-state index contributed by atoms with van der Waals surface area (Å²) >= 11 is 0. The van der Waals surface area contributed by atoms with Crippen LogP contribution < -0.4 is 33.5 Å². The second-order valence-corrected chi connectivity index (χ2v) is 14.5. The number of hydrogen-bond acceptors (Lipinski definition) is 9. The molecule has 0 fully saturated rings. The van der Waals surface area contributed by atoms with Crippen LogP contribution in [0.4, 0.5) is 22.7 Å². The zero-order chi connectivity index (χ0) is 38.5. The Balaban J connectivity index is 0.955. The number of para-hydroxylation sites is 2. The smallest absolute Gasteiger partial charge is 0.261 e. The molecule has 0 unspecified atom stereocenters. The lowest BCUT2D eigenvalue weighted by atomic mass is 10.1. The lowest BCUT2D eigenvalue weighted by molar-refractivity contribution is 0.0978. The lowest BCUT2D eigenvalue weighted by Gasteiger charge is -2.22. The summed E-state index contributed by atoms with van der Waals surface area (Å²) in [7, 11) is 3.11. The van der Waals surface area contributed by atoms with Crippen LogP contribution in [0.15, 0.2) is 101 Å². The number of methoxy groups -OCH3 is 2. The first-order chi connectivity index (χ1) is 27.3. The molecular formula is C45H40N4O7. The van der Waals surface area contributed by atoms with Crippen molar-refractivity contribution in [2.24, 2.45) is 9.98 Å². The molecular weight excluding hydrogens is 709 g/mol. The maximum Gasteiger partial charge on any atom is 0.261 e. The molecule has 0 aliphatic carbocycles. The molecule has 5 aromatic rings. The zero-order valence-corrected chi connectivity index (χ0v) is 31.5. The van der Waals surface area contributed by atoms with E-state index in [2.05, 4.69) is 0 Å². The van der Waals surface area contributed by atoms with Gasteiger partial charge in [0.15, 0.2) is 23.0 Å². The highest BCUT2D eigenvalue weighted by Crippen LogP contribution is 2.43. The van der Waals surface area contributed by atoms with Gasteiger partial charge in [0.05, 0.1) is 54.9 Å². The van der Waals surface area contributed by atoms with Crippen LogP contribution in [0, 0.1) is 0 Å². The lowest BCUT2D eigenvalue weighted by Crippen LogP contribution is -2.37. The summed E-state index contributed by atoms with van der Waals surface area (Å²) in [6.07, 6.45) is 5.03. The summed E-state index contributed by atoms with van der Waals surface area (Å²) < 4.78 is 30.3. The Morgan fingerprint density at radius 1 is 0.625 bits per heavy atom. The van der Waals surface area contributed by atoms with Crippen molar-refractivity contribution < 1.29 is 33.3 Å². The molecule has 4 heterocycles. The van der Waals surface area contributed by atoms with Crippen molar-refractivity contribution in [3.05, 3.63) is 124 Å². The number of benzene rings is 5. The Morgan fingerprint density at radius 3 is 1.54 bits per heavy atom. The Hall–Kier alpha value is -6.62. The average molecular weight is 749 g/mol. The van der Waals surface area contributed by atoms with Crippen molar-refractivity contribution in [2.75, 3.05) is 24.0 Å². The van der Waals surface area contributed by atoms with Crippen molar-refractivity contribution in [1.82, 2.24) is 0 Å².